The third-order valence-electron chi connectivity index (χ3n) is 2.78. The minimum atomic E-state index is -0.242. The zero-order valence-corrected chi connectivity index (χ0v) is 11.8. The van der Waals surface area contributed by atoms with Crippen molar-refractivity contribution in [3.8, 4) is 5.75 Å². The molecule has 19 heavy (non-hydrogen) atoms. The fourth-order valence-electron chi connectivity index (χ4n) is 1.71. The Labute approximate surface area is 114 Å². The van der Waals surface area contributed by atoms with Crippen LogP contribution in [-0.2, 0) is 6.54 Å². The Kier molecular flexibility index (Phi) is 7.45. The molecular formula is C15H24FNO2. The van der Waals surface area contributed by atoms with Gasteiger partial charge in [-0.3, -0.25) is 0 Å². The van der Waals surface area contributed by atoms with E-state index >= 15 is 0 Å². The van der Waals surface area contributed by atoms with Gasteiger partial charge in [-0.15, -0.1) is 0 Å². The third kappa shape index (κ3) is 6.55. The number of ether oxygens (including phenoxy) is 1. The van der Waals surface area contributed by atoms with Gasteiger partial charge in [0.2, 0.25) is 0 Å². The van der Waals surface area contributed by atoms with Gasteiger partial charge >= 0.3 is 0 Å². The summed E-state index contributed by atoms with van der Waals surface area (Å²) < 4.78 is 18.9. The van der Waals surface area contributed by atoms with E-state index in [2.05, 4.69) is 19.2 Å². The maximum absolute atomic E-state index is 13.2. The van der Waals surface area contributed by atoms with Gasteiger partial charge < -0.3 is 15.2 Å². The third-order valence-corrected chi connectivity index (χ3v) is 2.78. The van der Waals surface area contributed by atoms with Crippen molar-refractivity contribution in [3.05, 3.63) is 29.6 Å². The van der Waals surface area contributed by atoms with Gasteiger partial charge in [0, 0.05) is 24.8 Å². The molecule has 2 N–H and O–H groups in total. The molecule has 1 aromatic carbocycles. The highest BCUT2D eigenvalue weighted by Crippen LogP contribution is 2.20. The minimum absolute atomic E-state index is 0.222. The molecule has 0 unspecified atom stereocenters. The summed E-state index contributed by atoms with van der Waals surface area (Å²) in [6.45, 7) is 5.52. The Morgan fingerprint density at radius 2 is 2.05 bits per heavy atom. The average Bonchev–Trinajstić information content (AvgIpc) is 2.38. The molecule has 3 nitrogen and oxygen atoms in total. The quantitative estimate of drug-likeness (QED) is 0.677. The SMILES string of the molecule is CC(C)NCc1cc(F)ccc1OCCCCCO. The average molecular weight is 269 g/mol. The molecule has 0 aliphatic carbocycles. The molecule has 0 heterocycles. The fourth-order valence-corrected chi connectivity index (χ4v) is 1.71. The van der Waals surface area contributed by atoms with E-state index in [0.717, 1.165) is 30.6 Å². The number of benzene rings is 1. The van der Waals surface area contributed by atoms with Crippen LogP contribution in [0.3, 0.4) is 0 Å². The highest BCUT2D eigenvalue weighted by Gasteiger charge is 2.06. The zero-order chi connectivity index (χ0) is 14.1. The molecule has 0 fully saturated rings. The van der Waals surface area contributed by atoms with Gasteiger partial charge in [0.15, 0.2) is 0 Å². The Morgan fingerprint density at radius 1 is 1.26 bits per heavy atom. The zero-order valence-electron chi connectivity index (χ0n) is 11.8. The predicted molar refractivity (Wildman–Crippen MR) is 74.8 cm³/mol. The number of hydrogen-bond donors (Lipinski definition) is 2. The number of hydrogen-bond acceptors (Lipinski definition) is 3. The second kappa shape index (κ2) is 8.88. The van der Waals surface area contributed by atoms with E-state index in [1.807, 2.05) is 0 Å². The molecular weight excluding hydrogens is 245 g/mol. The molecule has 0 amide bonds. The topological polar surface area (TPSA) is 41.5 Å². The number of aliphatic hydroxyl groups is 1. The molecule has 1 aromatic rings. The lowest BCUT2D eigenvalue weighted by molar-refractivity contribution is 0.265. The monoisotopic (exact) mass is 269 g/mol. The lowest BCUT2D eigenvalue weighted by Gasteiger charge is -2.14. The molecule has 1 rings (SSSR count). The van der Waals surface area contributed by atoms with E-state index in [1.165, 1.54) is 12.1 Å². The van der Waals surface area contributed by atoms with Crippen molar-refractivity contribution in [2.24, 2.45) is 0 Å². The maximum atomic E-state index is 13.2. The van der Waals surface area contributed by atoms with Crippen molar-refractivity contribution in [2.45, 2.75) is 45.7 Å². The summed E-state index contributed by atoms with van der Waals surface area (Å²) >= 11 is 0. The van der Waals surface area contributed by atoms with Crippen LogP contribution in [0.4, 0.5) is 4.39 Å². The molecule has 108 valence electrons. The summed E-state index contributed by atoms with van der Waals surface area (Å²) in [5.41, 5.74) is 0.843. The van der Waals surface area contributed by atoms with Crippen LogP contribution in [0.5, 0.6) is 5.75 Å². The number of nitrogens with one attached hydrogen (secondary N) is 1. The first-order valence-electron chi connectivity index (χ1n) is 6.89. The largest absolute Gasteiger partial charge is 0.493 e. The van der Waals surface area contributed by atoms with Crippen LogP contribution in [0.1, 0.15) is 38.7 Å². The fraction of sp³-hybridized carbons (Fsp3) is 0.600. The molecule has 0 aliphatic heterocycles. The lowest BCUT2D eigenvalue weighted by atomic mass is 10.2. The molecule has 0 spiro atoms. The van der Waals surface area contributed by atoms with E-state index in [4.69, 9.17) is 9.84 Å². The predicted octanol–water partition coefficient (Wildman–Crippen LogP) is 2.87. The van der Waals surface area contributed by atoms with Crippen molar-refractivity contribution in [3.63, 3.8) is 0 Å². The first-order valence-corrected chi connectivity index (χ1v) is 6.89. The Bertz CT molecular complexity index is 369. The van der Waals surface area contributed by atoms with Crippen molar-refractivity contribution in [2.75, 3.05) is 13.2 Å². The van der Waals surface area contributed by atoms with Crippen LogP contribution in [0.25, 0.3) is 0 Å². The summed E-state index contributed by atoms with van der Waals surface area (Å²) in [6.07, 6.45) is 2.64. The van der Waals surface area contributed by atoms with Gasteiger partial charge in [-0.05, 0) is 37.5 Å². The van der Waals surface area contributed by atoms with Gasteiger partial charge in [0.1, 0.15) is 11.6 Å². The van der Waals surface area contributed by atoms with Crippen molar-refractivity contribution >= 4 is 0 Å². The highest BCUT2D eigenvalue weighted by molar-refractivity contribution is 5.33. The Morgan fingerprint density at radius 3 is 2.74 bits per heavy atom. The Balaban J connectivity index is 2.50. The van der Waals surface area contributed by atoms with Gasteiger partial charge in [-0.2, -0.15) is 0 Å². The van der Waals surface area contributed by atoms with Crippen molar-refractivity contribution < 1.29 is 14.2 Å². The van der Waals surface area contributed by atoms with Crippen LogP contribution in [-0.4, -0.2) is 24.4 Å². The van der Waals surface area contributed by atoms with E-state index in [9.17, 15) is 4.39 Å². The van der Waals surface area contributed by atoms with Gasteiger partial charge in [-0.1, -0.05) is 13.8 Å². The van der Waals surface area contributed by atoms with Crippen LogP contribution in [0.15, 0.2) is 18.2 Å². The molecule has 4 heteroatoms. The molecule has 0 atom stereocenters. The van der Waals surface area contributed by atoms with Crippen LogP contribution in [0.2, 0.25) is 0 Å². The van der Waals surface area contributed by atoms with Crippen LogP contribution >= 0.6 is 0 Å². The summed E-state index contributed by atoms with van der Waals surface area (Å²) in [7, 11) is 0. The van der Waals surface area contributed by atoms with Crippen molar-refractivity contribution in [1.82, 2.24) is 5.32 Å². The summed E-state index contributed by atoms with van der Waals surface area (Å²) in [5, 5.41) is 11.9. The smallest absolute Gasteiger partial charge is 0.123 e. The number of unbranched alkanes of at least 4 members (excludes halogenated alkanes) is 2. The molecule has 0 aromatic heterocycles. The second-order valence-corrected chi connectivity index (χ2v) is 4.92. The maximum Gasteiger partial charge on any atom is 0.123 e. The number of aliphatic hydroxyl groups excluding tert-OH is 1. The van der Waals surface area contributed by atoms with Gasteiger partial charge in [0.05, 0.1) is 6.61 Å². The summed E-state index contributed by atoms with van der Waals surface area (Å²) in [4.78, 5) is 0. The van der Waals surface area contributed by atoms with Gasteiger partial charge in [-0.25, -0.2) is 4.39 Å². The molecule has 0 radical (unpaired) electrons. The first kappa shape index (κ1) is 15.9. The van der Waals surface area contributed by atoms with Crippen LogP contribution in [0, 0.1) is 5.82 Å². The van der Waals surface area contributed by atoms with E-state index in [1.54, 1.807) is 6.07 Å². The van der Waals surface area contributed by atoms with Gasteiger partial charge in [0.25, 0.3) is 0 Å². The normalized spacial score (nSPS) is 11.0. The number of halogens is 1. The standard InChI is InChI=1S/C15H24FNO2/c1-12(2)17-11-13-10-14(16)6-7-15(13)19-9-5-3-4-8-18/h6-7,10,12,17-18H,3-5,8-9,11H2,1-2H3. The van der Waals surface area contributed by atoms with E-state index in [-0.39, 0.29) is 12.4 Å². The second-order valence-electron chi connectivity index (χ2n) is 4.92. The minimum Gasteiger partial charge on any atom is -0.493 e. The van der Waals surface area contributed by atoms with E-state index < -0.39 is 0 Å². The number of rotatable bonds is 9. The lowest BCUT2D eigenvalue weighted by Crippen LogP contribution is -2.22. The molecule has 0 saturated heterocycles. The highest BCUT2D eigenvalue weighted by atomic mass is 19.1. The first-order chi connectivity index (χ1) is 9.13. The van der Waals surface area contributed by atoms with E-state index in [0.29, 0.717) is 19.2 Å². The Hall–Kier alpha value is -1.13. The molecule has 0 aliphatic rings. The summed E-state index contributed by atoms with van der Waals surface area (Å²) in [5.74, 6) is 0.492. The molecule has 0 bridgehead atoms. The summed E-state index contributed by atoms with van der Waals surface area (Å²) in [6, 6.07) is 4.96. The van der Waals surface area contributed by atoms with Crippen molar-refractivity contribution in [1.29, 1.82) is 0 Å². The molecule has 0 saturated carbocycles. The van der Waals surface area contributed by atoms with Crippen LogP contribution < -0.4 is 10.1 Å².